The number of thioether (sulfide) groups is 1. The molecule has 0 saturated heterocycles. The van der Waals surface area contributed by atoms with Gasteiger partial charge in [0.15, 0.2) is 0 Å². The monoisotopic (exact) mass is 345 g/mol. The molecule has 0 aliphatic rings. The van der Waals surface area contributed by atoms with Crippen LogP contribution >= 0.6 is 46.3 Å². The molecule has 0 bridgehead atoms. The van der Waals surface area contributed by atoms with Crippen LogP contribution in [-0.2, 0) is 0 Å². The zero-order valence-electron chi connectivity index (χ0n) is 11.5. The van der Waals surface area contributed by atoms with Gasteiger partial charge in [0.1, 0.15) is 0 Å². The minimum Gasteiger partial charge on any atom is -0.306 e. The molecule has 108 valence electrons. The second-order valence-electron chi connectivity index (χ2n) is 4.41. The molecule has 1 aromatic heterocycles. The Morgan fingerprint density at radius 1 is 1.25 bits per heavy atom. The van der Waals surface area contributed by atoms with Gasteiger partial charge in [-0.05, 0) is 36.9 Å². The van der Waals surface area contributed by atoms with Crippen molar-refractivity contribution in [3.63, 3.8) is 0 Å². The highest BCUT2D eigenvalue weighted by Crippen LogP contribution is 2.39. The van der Waals surface area contributed by atoms with E-state index in [2.05, 4.69) is 42.8 Å². The van der Waals surface area contributed by atoms with Gasteiger partial charge in [0.2, 0.25) is 0 Å². The predicted molar refractivity (Wildman–Crippen MR) is 92.7 cm³/mol. The molecule has 1 N–H and O–H groups in total. The number of halogens is 2. The molecule has 2 rings (SSSR count). The Morgan fingerprint density at radius 2 is 2.00 bits per heavy atom. The van der Waals surface area contributed by atoms with Gasteiger partial charge < -0.3 is 5.32 Å². The van der Waals surface area contributed by atoms with Crippen molar-refractivity contribution < 1.29 is 0 Å². The smallest absolute Gasteiger partial charge is 0.0995 e. The molecule has 0 amide bonds. The minimum absolute atomic E-state index is 0.0925. The van der Waals surface area contributed by atoms with Gasteiger partial charge in [0.25, 0.3) is 0 Å². The Balaban J connectivity index is 2.44. The molecular weight excluding hydrogens is 329 g/mol. The topological polar surface area (TPSA) is 12.0 Å². The lowest BCUT2D eigenvalue weighted by Crippen LogP contribution is -2.23. The van der Waals surface area contributed by atoms with Gasteiger partial charge in [-0.1, -0.05) is 48.3 Å². The second kappa shape index (κ2) is 7.71. The van der Waals surface area contributed by atoms with Crippen LogP contribution in [0.15, 0.2) is 35.2 Å². The summed E-state index contributed by atoms with van der Waals surface area (Å²) in [5.74, 6) is 0. The van der Waals surface area contributed by atoms with Crippen molar-refractivity contribution in [2.24, 2.45) is 0 Å². The molecule has 1 atom stereocenters. The third-order valence-electron chi connectivity index (χ3n) is 3.04. The molecule has 1 heterocycles. The van der Waals surface area contributed by atoms with E-state index in [4.69, 9.17) is 23.2 Å². The first-order chi connectivity index (χ1) is 9.67. The Bertz CT molecular complexity index is 569. The number of hydrogen-bond donors (Lipinski definition) is 1. The van der Waals surface area contributed by atoms with E-state index < -0.39 is 0 Å². The predicted octanol–water partition coefficient (Wildman–Crippen LogP) is 5.87. The molecule has 0 saturated carbocycles. The maximum Gasteiger partial charge on any atom is 0.0995 e. The minimum atomic E-state index is 0.0925. The average molecular weight is 346 g/mol. The third-order valence-corrected chi connectivity index (χ3v) is 5.37. The standard InChI is InChI=1S/C15H17Cl2NS2/c1-3-8-18-14(11-9-13(16)20-15(11)17)10-6-4-5-7-12(10)19-2/h4-7,9,14,18H,3,8H2,1-2H3. The summed E-state index contributed by atoms with van der Waals surface area (Å²) >= 11 is 15.6. The van der Waals surface area contributed by atoms with Gasteiger partial charge in [-0.15, -0.1) is 23.1 Å². The number of rotatable bonds is 6. The maximum absolute atomic E-state index is 6.35. The Kier molecular flexibility index (Phi) is 6.24. The number of hydrogen-bond acceptors (Lipinski definition) is 3. The highest BCUT2D eigenvalue weighted by atomic mass is 35.5. The summed E-state index contributed by atoms with van der Waals surface area (Å²) in [6.45, 7) is 3.10. The van der Waals surface area contributed by atoms with E-state index in [9.17, 15) is 0 Å². The molecule has 2 aromatic rings. The van der Waals surface area contributed by atoms with Crippen molar-refractivity contribution in [3.8, 4) is 0 Å². The van der Waals surface area contributed by atoms with Gasteiger partial charge in [0, 0.05) is 10.5 Å². The zero-order valence-corrected chi connectivity index (χ0v) is 14.6. The average Bonchev–Trinajstić information content (AvgIpc) is 2.79. The van der Waals surface area contributed by atoms with Crippen LogP contribution in [-0.4, -0.2) is 12.8 Å². The molecule has 5 heteroatoms. The molecule has 1 nitrogen and oxygen atoms in total. The van der Waals surface area contributed by atoms with Gasteiger partial charge in [-0.25, -0.2) is 0 Å². The molecule has 0 aliphatic carbocycles. The fourth-order valence-electron chi connectivity index (χ4n) is 2.13. The maximum atomic E-state index is 6.35. The van der Waals surface area contributed by atoms with Crippen LogP contribution in [0, 0.1) is 0 Å². The highest BCUT2D eigenvalue weighted by molar-refractivity contribution is 7.98. The molecule has 0 spiro atoms. The summed E-state index contributed by atoms with van der Waals surface area (Å²) in [4.78, 5) is 1.26. The van der Waals surface area contributed by atoms with Crippen molar-refractivity contribution in [1.29, 1.82) is 0 Å². The molecule has 20 heavy (non-hydrogen) atoms. The van der Waals surface area contributed by atoms with E-state index >= 15 is 0 Å². The highest BCUT2D eigenvalue weighted by Gasteiger charge is 2.21. The molecule has 0 radical (unpaired) electrons. The summed E-state index contributed by atoms with van der Waals surface area (Å²) < 4.78 is 1.49. The van der Waals surface area contributed by atoms with Crippen molar-refractivity contribution in [3.05, 3.63) is 50.1 Å². The number of thiophene rings is 1. The van der Waals surface area contributed by atoms with E-state index in [1.54, 1.807) is 11.8 Å². The van der Waals surface area contributed by atoms with Gasteiger partial charge in [-0.2, -0.15) is 0 Å². The Labute approximate surface area is 138 Å². The van der Waals surface area contributed by atoms with E-state index in [1.807, 2.05) is 6.07 Å². The van der Waals surface area contributed by atoms with E-state index in [0.717, 1.165) is 27.2 Å². The van der Waals surface area contributed by atoms with E-state index in [-0.39, 0.29) is 6.04 Å². The summed E-state index contributed by atoms with van der Waals surface area (Å²) in [5.41, 5.74) is 2.32. The van der Waals surface area contributed by atoms with E-state index in [0.29, 0.717) is 0 Å². The first-order valence-corrected chi connectivity index (χ1v) is 9.28. The zero-order chi connectivity index (χ0) is 14.5. The summed E-state index contributed by atoms with van der Waals surface area (Å²) in [6.07, 6.45) is 3.17. The van der Waals surface area contributed by atoms with Gasteiger partial charge in [0.05, 0.1) is 14.7 Å². The fraction of sp³-hybridized carbons (Fsp3) is 0.333. The van der Waals surface area contributed by atoms with Crippen molar-refractivity contribution in [2.75, 3.05) is 12.8 Å². The molecule has 0 aliphatic heterocycles. The van der Waals surface area contributed by atoms with Crippen LogP contribution in [0.5, 0.6) is 0 Å². The molecule has 0 fully saturated rings. The van der Waals surface area contributed by atoms with Gasteiger partial charge >= 0.3 is 0 Å². The van der Waals surface area contributed by atoms with Crippen molar-refractivity contribution in [1.82, 2.24) is 5.32 Å². The lowest BCUT2D eigenvalue weighted by atomic mass is 10.0. The number of benzene rings is 1. The first-order valence-electron chi connectivity index (χ1n) is 6.48. The quantitative estimate of drug-likeness (QED) is 0.657. The fourth-order valence-corrected chi connectivity index (χ4v) is 4.30. The van der Waals surface area contributed by atoms with Gasteiger partial charge in [-0.3, -0.25) is 0 Å². The molecular formula is C15H17Cl2NS2. The summed E-state index contributed by atoms with van der Waals surface area (Å²) in [6, 6.07) is 10.5. The second-order valence-corrected chi connectivity index (χ2v) is 7.54. The van der Waals surface area contributed by atoms with Crippen molar-refractivity contribution >= 4 is 46.3 Å². The van der Waals surface area contributed by atoms with Crippen LogP contribution in [0.3, 0.4) is 0 Å². The molecule has 1 unspecified atom stereocenters. The van der Waals surface area contributed by atoms with Crippen LogP contribution in [0.25, 0.3) is 0 Å². The Morgan fingerprint density at radius 3 is 2.60 bits per heavy atom. The third kappa shape index (κ3) is 3.71. The normalized spacial score (nSPS) is 12.6. The first kappa shape index (κ1) is 16.2. The van der Waals surface area contributed by atoms with Crippen molar-refractivity contribution in [2.45, 2.75) is 24.3 Å². The van der Waals surface area contributed by atoms with Crippen LogP contribution in [0.1, 0.15) is 30.5 Å². The number of nitrogens with one attached hydrogen (secondary N) is 1. The Hall–Kier alpha value is -0.190. The summed E-state index contributed by atoms with van der Waals surface area (Å²) in [7, 11) is 0. The largest absolute Gasteiger partial charge is 0.306 e. The lowest BCUT2D eigenvalue weighted by Gasteiger charge is -2.21. The van der Waals surface area contributed by atoms with Crippen LogP contribution in [0.4, 0.5) is 0 Å². The molecule has 1 aromatic carbocycles. The van der Waals surface area contributed by atoms with Crippen LogP contribution < -0.4 is 5.32 Å². The lowest BCUT2D eigenvalue weighted by molar-refractivity contribution is 0.593. The van der Waals surface area contributed by atoms with Crippen LogP contribution in [0.2, 0.25) is 8.67 Å². The summed E-state index contributed by atoms with van der Waals surface area (Å²) in [5, 5.41) is 3.58. The van der Waals surface area contributed by atoms with E-state index in [1.165, 1.54) is 21.8 Å². The SMILES string of the molecule is CCCNC(c1ccccc1SC)c1cc(Cl)sc1Cl.